The lowest BCUT2D eigenvalue weighted by Crippen LogP contribution is -2.59. The van der Waals surface area contributed by atoms with Gasteiger partial charge >= 0.3 is 5.97 Å². The topological polar surface area (TPSA) is 191 Å². The molecule has 0 bridgehead atoms. The van der Waals surface area contributed by atoms with Crippen LogP contribution in [0.4, 0.5) is 0 Å². The summed E-state index contributed by atoms with van der Waals surface area (Å²) in [4.78, 5) is 49.8. The van der Waals surface area contributed by atoms with E-state index in [0.29, 0.717) is 18.4 Å². The van der Waals surface area contributed by atoms with E-state index in [-0.39, 0.29) is 24.0 Å². The molecule has 0 saturated carbocycles. The molecule has 1 rings (SSSR count). The number of hydrogen-bond acceptors (Lipinski definition) is 7. The maximum Gasteiger partial charge on any atom is 0.326 e. The minimum atomic E-state index is -1.33. The Morgan fingerprint density at radius 1 is 0.914 bits per heavy atom. The van der Waals surface area contributed by atoms with Crippen molar-refractivity contribution >= 4 is 23.7 Å². The van der Waals surface area contributed by atoms with Crippen LogP contribution in [0.25, 0.3) is 0 Å². The largest absolute Gasteiger partial charge is 0.508 e. The number of aliphatic hydroxyl groups is 1. The second-order valence-electron chi connectivity index (χ2n) is 9.12. The molecule has 1 aromatic carbocycles. The van der Waals surface area contributed by atoms with E-state index in [4.69, 9.17) is 5.73 Å². The summed E-state index contributed by atoms with van der Waals surface area (Å²) in [5.74, 6) is -3.56. The zero-order chi connectivity index (χ0) is 26.7. The van der Waals surface area contributed by atoms with Crippen molar-refractivity contribution in [2.45, 2.75) is 71.1 Å². The average molecular weight is 495 g/mol. The van der Waals surface area contributed by atoms with Crippen LogP contribution < -0.4 is 21.7 Å². The summed E-state index contributed by atoms with van der Waals surface area (Å²) in [6.07, 6.45) is 0.843. The monoisotopic (exact) mass is 494 g/mol. The molecule has 5 unspecified atom stereocenters. The van der Waals surface area contributed by atoms with E-state index in [2.05, 4.69) is 16.0 Å². The molecular weight excluding hydrogens is 456 g/mol. The number of phenols is 1. The van der Waals surface area contributed by atoms with Crippen molar-refractivity contribution in [2.24, 2.45) is 17.6 Å². The van der Waals surface area contributed by atoms with Gasteiger partial charge in [-0.2, -0.15) is 0 Å². The van der Waals surface area contributed by atoms with Crippen molar-refractivity contribution in [1.82, 2.24) is 16.0 Å². The van der Waals surface area contributed by atoms with Gasteiger partial charge in [0.05, 0.1) is 12.6 Å². The fourth-order valence-corrected chi connectivity index (χ4v) is 3.37. The van der Waals surface area contributed by atoms with Crippen LogP contribution in [0, 0.1) is 11.8 Å². The number of amides is 3. The highest BCUT2D eigenvalue weighted by atomic mass is 16.4. The summed E-state index contributed by atoms with van der Waals surface area (Å²) in [6.45, 7) is 6.60. The Labute approximate surface area is 205 Å². The normalized spacial score (nSPS) is 15.4. The fraction of sp³-hybridized carbons (Fsp3) is 0.583. The number of carboxylic acids is 1. The van der Waals surface area contributed by atoms with Crippen LogP contribution in [0.2, 0.25) is 0 Å². The van der Waals surface area contributed by atoms with Crippen LogP contribution in [0.15, 0.2) is 24.3 Å². The van der Waals surface area contributed by atoms with E-state index in [1.807, 2.05) is 13.8 Å². The smallest absolute Gasteiger partial charge is 0.326 e. The Kier molecular flexibility index (Phi) is 12.2. The van der Waals surface area contributed by atoms with Gasteiger partial charge in [0.15, 0.2) is 0 Å². The van der Waals surface area contributed by atoms with Gasteiger partial charge in [0.25, 0.3) is 0 Å². The highest BCUT2D eigenvalue weighted by molar-refractivity contribution is 5.94. The van der Waals surface area contributed by atoms with Gasteiger partial charge in [-0.3, -0.25) is 14.4 Å². The molecule has 196 valence electrons. The first-order valence-electron chi connectivity index (χ1n) is 11.7. The minimum Gasteiger partial charge on any atom is -0.508 e. The van der Waals surface area contributed by atoms with Gasteiger partial charge in [-0.1, -0.05) is 46.2 Å². The summed E-state index contributed by atoms with van der Waals surface area (Å²) >= 11 is 0. The zero-order valence-corrected chi connectivity index (χ0v) is 20.7. The molecule has 0 spiro atoms. The van der Waals surface area contributed by atoms with Crippen molar-refractivity contribution in [3.63, 3.8) is 0 Å². The number of carbonyl (C=O) groups is 4. The molecule has 11 heteroatoms. The van der Waals surface area contributed by atoms with Gasteiger partial charge in [-0.25, -0.2) is 4.79 Å². The van der Waals surface area contributed by atoms with Crippen LogP contribution in [0.3, 0.4) is 0 Å². The van der Waals surface area contributed by atoms with Gasteiger partial charge in [0, 0.05) is 6.42 Å². The number of carbonyl (C=O) groups excluding carboxylic acids is 3. The van der Waals surface area contributed by atoms with E-state index in [9.17, 15) is 34.5 Å². The number of nitrogens with two attached hydrogens (primary N) is 1. The van der Waals surface area contributed by atoms with Crippen LogP contribution in [0.5, 0.6) is 5.75 Å². The van der Waals surface area contributed by atoms with Crippen molar-refractivity contribution in [2.75, 3.05) is 6.61 Å². The van der Waals surface area contributed by atoms with Crippen LogP contribution in [-0.2, 0) is 25.6 Å². The average Bonchev–Trinajstić information content (AvgIpc) is 2.80. The van der Waals surface area contributed by atoms with E-state index in [1.54, 1.807) is 26.0 Å². The van der Waals surface area contributed by atoms with E-state index in [0.717, 1.165) is 0 Å². The van der Waals surface area contributed by atoms with Crippen molar-refractivity contribution < 1.29 is 34.5 Å². The Morgan fingerprint density at radius 3 is 1.97 bits per heavy atom. The maximum atomic E-state index is 13.0. The SMILES string of the molecule is CCC(C)C(NC(=O)C(CO)NC(=O)C(N)CC(C)C)C(=O)NC(Cc1ccc(O)cc1)C(=O)O. The molecular formula is C24H38N4O7. The van der Waals surface area contributed by atoms with E-state index in [1.165, 1.54) is 12.1 Å². The number of nitrogens with one attached hydrogen (secondary N) is 3. The van der Waals surface area contributed by atoms with Crippen LogP contribution >= 0.6 is 0 Å². The molecule has 1 aromatic rings. The van der Waals surface area contributed by atoms with Gasteiger partial charge in [0.1, 0.15) is 23.9 Å². The molecule has 0 aliphatic rings. The highest BCUT2D eigenvalue weighted by Gasteiger charge is 2.32. The first-order chi connectivity index (χ1) is 16.4. The molecule has 3 amide bonds. The predicted molar refractivity (Wildman–Crippen MR) is 129 cm³/mol. The fourth-order valence-electron chi connectivity index (χ4n) is 3.37. The molecule has 11 nitrogen and oxygen atoms in total. The number of hydrogen-bond donors (Lipinski definition) is 7. The second kappa shape index (κ2) is 14.3. The minimum absolute atomic E-state index is 0.0277. The van der Waals surface area contributed by atoms with E-state index >= 15 is 0 Å². The van der Waals surface area contributed by atoms with Crippen LogP contribution in [-0.4, -0.2) is 69.8 Å². The number of carboxylic acid groups (broad SMARTS) is 1. The Balaban J connectivity index is 2.93. The second-order valence-corrected chi connectivity index (χ2v) is 9.12. The predicted octanol–water partition coefficient (Wildman–Crippen LogP) is -0.114. The van der Waals surface area contributed by atoms with Gasteiger partial charge in [-0.05, 0) is 36.0 Å². The molecule has 35 heavy (non-hydrogen) atoms. The molecule has 0 aromatic heterocycles. The standard InChI is InChI=1S/C24H38N4O7/c1-5-14(4)20(28-22(32)19(12-29)27-21(31)17(25)10-13(2)3)23(33)26-18(24(34)35)11-15-6-8-16(30)9-7-15/h6-9,13-14,17-20,29-30H,5,10-12,25H2,1-4H3,(H,26,33)(H,27,31)(H,28,32)(H,34,35). The van der Waals surface area contributed by atoms with Crippen LogP contribution in [0.1, 0.15) is 46.1 Å². The summed E-state index contributed by atoms with van der Waals surface area (Å²) in [5.41, 5.74) is 6.42. The van der Waals surface area contributed by atoms with Crippen molar-refractivity contribution in [3.8, 4) is 5.75 Å². The molecule has 0 saturated heterocycles. The third-order valence-corrected chi connectivity index (χ3v) is 5.66. The number of aliphatic hydroxyl groups excluding tert-OH is 1. The first kappa shape index (κ1) is 29.9. The number of aliphatic carboxylic acids is 1. The van der Waals surface area contributed by atoms with E-state index < -0.39 is 54.5 Å². The maximum absolute atomic E-state index is 13.0. The Morgan fingerprint density at radius 2 is 1.49 bits per heavy atom. The summed E-state index contributed by atoms with van der Waals surface area (Å²) in [6, 6.07) is 1.34. The molecule has 0 heterocycles. The Hall–Kier alpha value is -3.18. The van der Waals surface area contributed by atoms with Gasteiger partial charge < -0.3 is 37.0 Å². The molecule has 5 atom stereocenters. The Bertz CT molecular complexity index is 860. The van der Waals surface area contributed by atoms with Gasteiger partial charge in [0.2, 0.25) is 17.7 Å². The summed E-state index contributed by atoms with van der Waals surface area (Å²) < 4.78 is 0. The zero-order valence-electron chi connectivity index (χ0n) is 20.7. The number of benzene rings is 1. The number of rotatable bonds is 14. The first-order valence-corrected chi connectivity index (χ1v) is 11.7. The third-order valence-electron chi connectivity index (χ3n) is 5.66. The lowest BCUT2D eigenvalue weighted by atomic mass is 9.97. The molecule has 0 aliphatic carbocycles. The van der Waals surface area contributed by atoms with Crippen molar-refractivity contribution in [1.29, 1.82) is 0 Å². The number of phenolic OH excluding ortho intramolecular Hbond substituents is 1. The lowest BCUT2D eigenvalue weighted by molar-refractivity contribution is -0.142. The highest BCUT2D eigenvalue weighted by Crippen LogP contribution is 2.13. The summed E-state index contributed by atoms with van der Waals surface area (Å²) in [7, 11) is 0. The third kappa shape index (κ3) is 9.91. The summed E-state index contributed by atoms with van der Waals surface area (Å²) in [5, 5.41) is 36.0. The van der Waals surface area contributed by atoms with Crippen molar-refractivity contribution in [3.05, 3.63) is 29.8 Å². The molecule has 0 aliphatic heterocycles. The molecule has 8 N–H and O–H groups in total. The van der Waals surface area contributed by atoms with Gasteiger partial charge in [-0.15, -0.1) is 0 Å². The number of aromatic hydroxyl groups is 1. The lowest BCUT2D eigenvalue weighted by Gasteiger charge is -2.27. The quantitative estimate of drug-likeness (QED) is 0.186. The molecule has 0 radical (unpaired) electrons. The molecule has 0 fully saturated rings.